The number of aromatic nitrogens is 1. The average Bonchev–Trinajstić information content (AvgIpc) is 2.45. The van der Waals surface area contributed by atoms with Gasteiger partial charge in [-0.1, -0.05) is 30.3 Å². The molecule has 5 nitrogen and oxygen atoms in total. The van der Waals surface area contributed by atoms with Crippen molar-refractivity contribution >= 4 is 11.7 Å². The van der Waals surface area contributed by atoms with Crippen molar-refractivity contribution < 1.29 is 9.90 Å². The van der Waals surface area contributed by atoms with E-state index in [0.717, 1.165) is 6.42 Å². The second kappa shape index (κ2) is 6.06. The maximum Gasteiger partial charge on any atom is 0.343 e. The fourth-order valence-corrected chi connectivity index (χ4v) is 2.05. The number of H-pyrrole nitrogens is 1. The largest absolute Gasteiger partial charge is 0.477 e. The molecule has 0 aliphatic carbocycles. The summed E-state index contributed by atoms with van der Waals surface area (Å²) in [6, 6.07) is 11.5. The van der Waals surface area contributed by atoms with Crippen LogP contribution >= 0.6 is 0 Å². The summed E-state index contributed by atoms with van der Waals surface area (Å²) in [5, 5.41) is 9.13. The quantitative estimate of drug-likeness (QED) is 0.869. The molecule has 104 valence electrons. The maximum absolute atomic E-state index is 11.6. The van der Waals surface area contributed by atoms with Gasteiger partial charge in [-0.15, -0.1) is 0 Å². The molecule has 1 aromatic carbocycles. The summed E-state index contributed by atoms with van der Waals surface area (Å²) in [5.74, 6) is -1.21. The second-order valence-corrected chi connectivity index (χ2v) is 4.53. The summed E-state index contributed by atoms with van der Waals surface area (Å²) in [6.45, 7) is 0.633. The molecule has 2 N–H and O–H groups in total. The van der Waals surface area contributed by atoms with Gasteiger partial charge in [-0.05, 0) is 18.1 Å². The monoisotopic (exact) mass is 272 g/mol. The molecule has 1 aromatic heterocycles. The first-order valence-electron chi connectivity index (χ1n) is 6.29. The predicted octanol–water partition coefficient (Wildman–Crippen LogP) is 1.75. The van der Waals surface area contributed by atoms with E-state index in [1.165, 1.54) is 11.8 Å². The molecule has 2 aromatic rings. The van der Waals surface area contributed by atoms with Crippen LogP contribution in [0.2, 0.25) is 0 Å². The number of carbonyl (C=O) groups is 1. The molecule has 0 bridgehead atoms. The Morgan fingerprint density at radius 2 is 1.95 bits per heavy atom. The number of hydrogen-bond donors (Lipinski definition) is 2. The molecule has 0 radical (unpaired) electrons. The van der Waals surface area contributed by atoms with Crippen molar-refractivity contribution in [3.8, 4) is 0 Å². The van der Waals surface area contributed by atoms with Gasteiger partial charge in [0.2, 0.25) is 0 Å². The first-order chi connectivity index (χ1) is 9.59. The van der Waals surface area contributed by atoms with Crippen LogP contribution < -0.4 is 10.5 Å². The Labute approximate surface area is 116 Å². The minimum atomic E-state index is -1.21. The van der Waals surface area contributed by atoms with Crippen molar-refractivity contribution in [1.29, 1.82) is 0 Å². The maximum atomic E-state index is 11.6. The van der Waals surface area contributed by atoms with Crippen LogP contribution in [0.4, 0.5) is 5.69 Å². The number of carboxylic acid groups (broad SMARTS) is 1. The first-order valence-corrected chi connectivity index (χ1v) is 6.29. The van der Waals surface area contributed by atoms with Crippen molar-refractivity contribution in [2.45, 2.75) is 6.42 Å². The fraction of sp³-hybridized carbons (Fsp3) is 0.200. The summed E-state index contributed by atoms with van der Waals surface area (Å²) in [5.41, 5.74) is 0.794. The summed E-state index contributed by atoms with van der Waals surface area (Å²) >= 11 is 0. The lowest BCUT2D eigenvalue weighted by Gasteiger charge is -2.20. The molecule has 5 heteroatoms. The molecule has 20 heavy (non-hydrogen) atoms. The molecule has 0 amide bonds. The molecule has 0 saturated heterocycles. The first kappa shape index (κ1) is 13.9. The number of carboxylic acids is 1. The molecule has 2 rings (SSSR count). The Kier molecular flexibility index (Phi) is 4.20. The molecular formula is C15H16N2O3. The van der Waals surface area contributed by atoms with Crippen LogP contribution in [0.1, 0.15) is 15.9 Å². The van der Waals surface area contributed by atoms with Gasteiger partial charge < -0.3 is 15.0 Å². The van der Waals surface area contributed by atoms with E-state index >= 15 is 0 Å². The van der Waals surface area contributed by atoms with Crippen LogP contribution in [0.5, 0.6) is 0 Å². The third-order valence-corrected chi connectivity index (χ3v) is 3.14. The zero-order valence-corrected chi connectivity index (χ0v) is 11.2. The van der Waals surface area contributed by atoms with Crippen LogP contribution in [0.15, 0.2) is 47.4 Å². The number of rotatable bonds is 5. The summed E-state index contributed by atoms with van der Waals surface area (Å²) in [6.07, 6.45) is 2.24. The highest BCUT2D eigenvalue weighted by atomic mass is 16.4. The Hall–Kier alpha value is -2.56. The lowest BCUT2D eigenvalue weighted by atomic mass is 10.1. The van der Waals surface area contributed by atoms with Gasteiger partial charge in [-0.2, -0.15) is 0 Å². The van der Waals surface area contributed by atoms with Crippen molar-refractivity contribution in [2.75, 3.05) is 18.5 Å². The Morgan fingerprint density at radius 1 is 1.25 bits per heavy atom. The molecule has 0 atom stereocenters. The molecular weight excluding hydrogens is 256 g/mol. The van der Waals surface area contributed by atoms with E-state index in [2.05, 4.69) is 4.98 Å². The van der Waals surface area contributed by atoms with Crippen LogP contribution in [0, 0.1) is 0 Å². The fourth-order valence-electron chi connectivity index (χ4n) is 2.05. The van der Waals surface area contributed by atoms with Crippen molar-refractivity contribution in [2.24, 2.45) is 0 Å². The van der Waals surface area contributed by atoms with Crippen LogP contribution in [-0.4, -0.2) is 29.7 Å². The number of nitrogens with one attached hydrogen (secondary N) is 1. The van der Waals surface area contributed by atoms with Gasteiger partial charge in [-0.25, -0.2) is 4.79 Å². The van der Waals surface area contributed by atoms with Gasteiger partial charge in [0, 0.05) is 19.8 Å². The Balaban J connectivity index is 2.18. The number of nitrogens with zero attached hydrogens (tertiary/aromatic N) is 1. The minimum Gasteiger partial charge on any atom is -0.477 e. The molecule has 0 unspecified atom stereocenters. The standard InChI is InChI=1S/C15H16N2O3/c1-17(10-8-11-5-3-2-4-6-11)12-7-9-16-14(18)13(12)15(19)20/h2-7,9H,8,10H2,1H3,(H,16,18)(H,19,20). The van der Waals surface area contributed by atoms with E-state index in [1.54, 1.807) is 18.0 Å². The third kappa shape index (κ3) is 3.06. The minimum absolute atomic E-state index is 0.219. The molecule has 0 aliphatic rings. The van der Waals surface area contributed by atoms with Gasteiger partial charge in [-0.3, -0.25) is 4.79 Å². The topological polar surface area (TPSA) is 73.4 Å². The number of pyridine rings is 1. The van der Waals surface area contributed by atoms with Crippen LogP contribution in [-0.2, 0) is 6.42 Å². The lowest BCUT2D eigenvalue weighted by molar-refractivity contribution is 0.0695. The number of likely N-dealkylation sites (N-methyl/N-ethyl adjacent to an activating group) is 1. The van der Waals surface area contributed by atoms with Gasteiger partial charge >= 0.3 is 5.97 Å². The molecule has 0 aliphatic heterocycles. The van der Waals surface area contributed by atoms with Crippen LogP contribution in [0.3, 0.4) is 0 Å². The summed E-state index contributed by atoms with van der Waals surface area (Å²) in [7, 11) is 1.78. The SMILES string of the molecule is CN(CCc1ccccc1)c1cc[nH]c(=O)c1C(=O)O. The van der Waals surface area contributed by atoms with Gasteiger partial charge in [0.1, 0.15) is 5.56 Å². The Morgan fingerprint density at radius 3 is 2.60 bits per heavy atom. The smallest absolute Gasteiger partial charge is 0.343 e. The van der Waals surface area contributed by atoms with Crippen molar-refractivity contribution in [1.82, 2.24) is 4.98 Å². The van der Waals surface area contributed by atoms with Crippen molar-refractivity contribution in [3.05, 3.63) is 64.1 Å². The number of hydrogen-bond acceptors (Lipinski definition) is 3. The predicted molar refractivity (Wildman–Crippen MR) is 77.4 cm³/mol. The van der Waals surface area contributed by atoms with Gasteiger partial charge in [0.15, 0.2) is 0 Å². The van der Waals surface area contributed by atoms with Gasteiger partial charge in [0.05, 0.1) is 5.69 Å². The molecule has 0 fully saturated rings. The van der Waals surface area contributed by atoms with Crippen LogP contribution in [0.25, 0.3) is 0 Å². The summed E-state index contributed by atoms with van der Waals surface area (Å²) in [4.78, 5) is 26.9. The van der Waals surface area contributed by atoms with E-state index in [4.69, 9.17) is 5.11 Å². The van der Waals surface area contributed by atoms with E-state index in [0.29, 0.717) is 12.2 Å². The third-order valence-electron chi connectivity index (χ3n) is 3.14. The highest BCUT2D eigenvalue weighted by molar-refractivity contribution is 5.93. The second-order valence-electron chi connectivity index (χ2n) is 4.53. The summed E-state index contributed by atoms with van der Waals surface area (Å²) < 4.78 is 0. The van der Waals surface area contributed by atoms with Gasteiger partial charge in [0.25, 0.3) is 5.56 Å². The van der Waals surface area contributed by atoms with Crippen molar-refractivity contribution in [3.63, 3.8) is 0 Å². The van der Waals surface area contributed by atoms with E-state index in [-0.39, 0.29) is 5.56 Å². The highest BCUT2D eigenvalue weighted by Gasteiger charge is 2.17. The molecule has 0 saturated carbocycles. The zero-order chi connectivity index (χ0) is 14.5. The average molecular weight is 272 g/mol. The van der Waals surface area contributed by atoms with E-state index in [9.17, 15) is 9.59 Å². The Bertz CT molecular complexity index is 650. The number of anilines is 1. The number of aromatic amines is 1. The van der Waals surface area contributed by atoms with E-state index in [1.807, 2.05) is 30.3 Å². The zero-order valence-electron chi connectivity index (χ0n) is 11.2. The highest BCUT2D eigenvalue weighted by Crippen LogP contribution is 2.15. The van der Waals surface area contributed by atoms with E-state index < -0.39 is 11.5 Å². The molecule has 1 heterocycles. The number of aromatic carboxylic acids is 1. The lowest BCUT2D eigenvalue weighted by Crippen LogP contribution is -2.27. The number of benzene rings is 1. The normalized spacial score (nSPS) is 10.2. The molecule has 0 spiro atoms.